The van der Waals surface area contributed by atoms with Crippen LogP contribution in [-0.2, 0) is 9.53 Å². The van der Waals surface area contributed by atoms with E-state index in [2.05, 4.69) is 34.6 Å². The molecule has 4 saturated carbocycles. The van der Waals surface area contributed by atoms with Crippen molar-refractivity contribution in [1.29, 1.82) is 0 Å². The molecular weight excluding hydrogens is 428 g/mol. The minimum absolute atomic E-state index is 0.00955. The summed E-state index contributed by atoms with van der Waals surface area (Å²) in [5.41, 5.74) is 1.26. The highest BCUT2D eigenvalue weighted by molar-refractivity contribution is 5.69. The Bertz CT molecular complexity index is 687. The SMILES string of the molecule is CCCCCC(=O)OCC(C)CCC[C@@H](C)[C@H]1CC[C@H]2[C@@H]3CCC4CCCC[C@]4(C)[C@H]3CC[C@]12C. The highest BCUT2D eigenvalue weighted by atomic mass is 16.5. The molecule has 0 amide bonds. The Balaban J connectivity index is 1.24. The monoisotopic (exact) mass is 486 g/mol. The van der Waals surface area contributed by atoms with Crippen molar-refractivity contribution in [1.82, 2.24) is 0 Å². The number of unbranched alkanes of at least 4 members (excludes halogenated alkanes) is 2. The molecule has 0 radical (unpaired) electrons. The van der Waals surface area contributed by atoms with Crippen LogP contribution >= 0.6 is 0 Å². The van der Waals surface area contributed by atoms with Crippen LogP contribution in [0.1, 0.15) is 144 Å². The lowest BCUT2D eigenvalue weighted by Gasteiger charge is -2.61. The van der Waals surface area contributed by atoms with Crippen molar-refractivity contribution in [3.05, 3.63) is 0 Å². The maximum absolute atomic E-state index is 11.9. The molecule has 4 rings (SSSR count). The second kappa shape index (κ2) is 11.9. The molecule has 0 spiro atoms. The maximum atomic E-state index is 11.9. The minimum Gasteiger partial charge on any atom is -0.465 e. The molecule has 0 aromatic carbocycles. The third-order valence-corrected chi connectivity index (χ3v) is 12.2. The lowest BCUT2D eigenvalue weighted by Crippen LogP contribution is -2.53. The van der Waals surface area contributed by atoms with E-state index in [1.165, 1.54) is 77.0 Å². The first-order chi connectivity index (χ1) is 16.8. The van der Waals surface area contributed by atoms with E-state index in [0.29, 0.717) is 29.8 Å². The second-order valence-electron chi connectivity index (χ2n) is 14.3. The molecule has 0 heterocycles. The molecule has 0 saturated heterocycles. The highest BCUT2D eigenvalue weighted by Crippen LogP contribution is 2.68. The van der Waals surface area contributed by atoms with Gasteiger partial charge in [0.2, 0.25) is 0 Å². The van der Waals surface area contributed by atoms with Crippen LogP contribution in [0.3, 0.4) is 0 Å². The average molecular weight is 487 g/mol. The molecule has 0 aromatic heterocycles. The Morgan fingerprint density at radius 1 is 0.857 bits per heavy atom. The van der Waals surface area contributed by atoms with Crippen LogP contribution in [0.2, 0.25) is 0 Å². The summed E-state index contributed by atoms with van der Waals surface area (Å²) in [6, 6.07) is 0. The molecule has 35 heavy (non-hydrogen) atoms. The van der Waals surface area contributed by atoms with Crippen LogP contribution in [0.15, 0.2) is 0 Å². The zero-order chi connectivity index (χ0) is 25.1. The predicted octanol–water partition coefficient (Wildman–Crippen LogP) is 9.60. The van der Waals surface area contributed by atoms with Gasteiger partial charge in [0, 0.05) is 6.42 Å². The molecule has 9 atom stereocenters. The van der Waals surface area contributed by atoms with Crippen LogP contribution in [-0.4, -0.2) is 12.6 Å². The lowest BCUT2D eigenvalue weighted by molar-refractivity contribution is -0.145. The first-order valence-corrected chi connectivity index (χ1v) is 15.9. The summed E-state index contributed by atoms with van der Waals surface area (Å²) in [7, 11) is 0. The molecule has 0 aromatic rings. The van der Waals surface area contributed by atoms with Gasteiger partial charge in [-0.1, -0.05) is 73.1 Å². The van der Waals surface area contributed by atoms with Gasteiger partial charge in [-0.05, 0) is 116 Å². The van der Waals surface area contributed by atoms with E-state index >= 15 is 0 Å². The number of esters is 1. The summed E-state index contributed by atoms with van der Waals surface area (Å²) in [6.45, 7) is 13.1. The molecule has 2 heteroatoms. The summed E-state index contributed by atoms with van der Waals surface area (Å²) in [5, 5.41) is 0. The Morgan fingerprint density at radius 2 is 1.66 bits per heavy atom. The van der Waals surface area contributed by atoms with Crippen LogP contribution in [0.5, 0.6) is 0 Å². The van der Waals surface area contributed by atoms with E-state index in [9.17, 15) is 4.79 Å². The number of carbonyl (C=O) groups is 1. The van der Waals surface area contributed by atoms with Crippen molar-refractivity contribution in [3.8, 4) is 0 Å². The van der Waals surface area contributed by atoms with Gasteiger partial charge in [-0.2, -0.15) is 0 Å². The molecule has 202 valence electrons. The van der Waals surface area contributed by atoms with Crippen molar-refractivity contribution >= 4 is 5.97 Å². The third-order valence-electron chi connectivity index (χ3n) is 12.2. The largest absolute Gasteiger partial charge is 0.465 e. The van der Waals surface area contributed by atoms with E-state index in [1.807, 2.05) is 0 Å². The highest BCUT2D eigenvalue weighted by Gasteiger charge is 2.60. The van der Waals surface area contributed by atoms with Crippen molar-refractivity contribution < 1.29 is 9.53 Å². The smallest absolute Gasteiger partial charge is 0.305 e. The first-order valence-electron chi connectivity index (χ1n) is 15.9. The summed E-state index contributed by atoms with van der Waals surface area (Å²) in [5.74, 6) is 6.36. The van der Waals surface area contributed by atoms with Gasteiger partial charge < -0.3 is 4.74 Å². The Morgan fingerprint density at radius 3 is 2.46 bits per heavy atom. The molecule has 0 N–H and O–H groups in total. The van der Waals surface area contributed by atoms with Crippen LogP contribution in [0.4, 0.5) is 0 Å². The average Bonchev–Trinajstić information content (AvgIpc) is 3.20. The van der Waals surface area contributed by atoms with E-state index in [1.54, 1.807) is 6.42 Å². The van der Waals surface area contributed by atoms with Crippen molar-refractivity contribution in [3.63, 3.8) is 0 Å². The number of carbonyl (C=O) groups excluding carboxylic acids is 1. The van der Waals surface area contributed by atoms with Crippen molar-refractivity contribution in [2.24, 2.45) is 52.3 Å². The number of hydrogen-bond acceptors (Lipinski definition) is 2. The van der Waals surface area contributed by atoms with Crippen molar-refractivity contribution in [2.45, 2.75) is 144 Å². The minimum atomic E-state index is 0.00955. The Hall–Kier alpha value is -0.530. The van der Waals surface area contributed by atoms with Gasteiger partial charge in [0.1, 0.15) is 0 Å². The van der Waals surface area contributed by atoms with E-state index in [0.717, 1.165) is 54.8 Å². The van der Waals surface area contributed by atoms with Gasteiger partial charge in [-0.25, -0.2) is 0 Å². The van der Waals surface area contributed by atoms with Gasteiger partial charge in [0.05, 0.1) is 6.61 Å². The summed E-state index contributed by atoms with van der Waals surface area (Å²) < 4.78 is 5.55. The van der Waals surface area contributed by atoms with Crippen LogP contribution in [0.25, 0.3) is 0 Å². The zero-order valence-electron chi connectivity index (χ0n) is 24.1. The fourth-order valence-electron chi connectivity index (χ4n) is 10.2. The van der Waals surface area contributed by atoms with Gasteiger partial charge in [-0.15, -0.1) is 0 Å². The molecule has 4 aliphatic rings. The van der Waals surface area contributed by atoms with Crippen LogP contribution in [0, 0.1) is 52.3 Å². The van der Waals surface area contributed by atoms with Gasteiger partial charge in [0.15, 0.2) is 0 Å². The first kappa shape index (κ1) is 27.5. The second-order valence-corrected chi connectivity index (χ2v) is 14.3. The fourth-order valence-corrected chi connectivity index (χ4v) is 10.2. The molecule has 2 nitrogen and oxygen atoms in total. The summed E-state index contributed by atoms with van der Waals surface area (Å²) in [4.78, 5) is 11.9. The topological polar surface area (TPSA) is 26.3 Å². The maximum Gasteiger partial charge on any atom is 0.305 e. The summed E-state index contributed by atoms with van der Waals surface area (Å²) >= 11 is 0. The molecule has 0 aliphatic heterocycles. The molecule has 4 aliphatic carbocycles. The predicted molar refractivity (Wildman–Crippen MR) is 147 cm³/mol. The lowest BCUT2D eigenvalue weighted by atomic mass is 9.44. The van der Waals surface area contributed by atoms with E-state index < -0.39 is 0 Å². The number of fused-ring (bicyclic) bond motifs is 5. The summed E-state index contributed by atoms with van der Waals surface area (Å²) in [6.07, 6.45) is 22.8. The molecular formula is C33H58O2. The zero-order valence-corrected chi connectivity index (χ0v) is 24.1. The Kier molecular flexibility index (Phi) is 9.35. The van der Waals surface area contributed by atoms with Gasteiger partial charge >= 0.3 is 5.97 Å². The standard InChI is InChI=1S/C33H58O2/c1-6-7-8-15-31(34)35-23-24(2)12-11-13-25(3)28-18-19-29-27-17-16-26-14-9-10-21-32(26,4)30(27)20-22-33(28,29)5/h24-30H,6-23H2,1-5H3/t24?,25-,26?,27+,28-,29+,30+,32+,33-/m1/s1. The number of hydrogen-bond donors (Lipinski definition) is 0. The fraction of sp³-hybridized carbons (Fsp3) is 0.970. The van der Waals surface area contributed by atoms with Crippen LogP contribution < -0.4 is 0 Å². The number of rotatable bonds is 11. The van der Waals surface area contributed by atoms with E-state index in [-0.39, 0.29) is 5.97 Å². The number of ether oxygens (including phenoxy) is 1. The van der Waals surface area contributed by atoms with Crippen molar-refractivity contribution in [2.75, 3.05) is 6.61 Å². The molecule has 2 unspecified atom stereocenters. The van der Waals surface area contributed by atoms with Gasteiger partial charge in [0.25, 0.3) is 0 Å². The Labute approximate surface area is 218 Å². The molecule has 0 bridgehead atoms. The third kappa shape index (κ3) is 5.82. The van der Waals surface area contributed by atoms with E-state index in [4.69, 9.17) is 4.74 Å². The molecule has 4 fully saturated rings. The normalized spacial score (nSPS) is 40.3. The quantitative estimate of drug-likeness (QED) is 0.215. The van der Waals surface area contributed by atoms with Gasteiger partial charge in [-0.3, -0.25) is 4.79 Å².